The van der Waals surface area contributed by atoms with Crippen LogP contribution < -0.4 is 15.5 Å². The molecular formula is C37H35F3N6O5. The highest BCUT2D eigenvalue weighted by molar-refractivity contribution is 6.06. The Morgan fingerprint density at radius 3 is 2.45 bits per heavy atom. The maximum absolute atomic E-state index is 13.4. The van der Waals surface area contributed by atoms with Crippen LogP contribution in [0.2, 0.25) is 0 Å². The van der Waals surface area contributed by atoms with E-state index in [2.05, 4.69) is 39.4 Å². The minimum absolute atomic E-state index is 0.0298. The highest BCUT2D eigenvalue weighted by Gasteiger charge is 2.36. The standard InChI is InChI=1S/C37H35F3N6O5/c1-6-7-24-16-27(37(38,39)40)11-13-30(24)42-35(51)36(3,4)46-22(2)25(18-41-46)9-8-23-19-45(20-23)28-12-10-26(21-47)29(17-28)34(50)44(5)31-14-15-32(48)43-33(31)49/h10-13,16-18,21,23,31H,14-15,19-20H2,1-5H3,(H,42,51)(H,43,48,49). The molecule has 2 saturated heterocycles. The van der Waals surface area contributed by atoms with E-state index < -0.39 is 46.9 Å². The number of alkyl halides is 3. The normalized spacial score (nSPS) is 16.2. The van der Waals surface area contributed by atoms with Crippen LogP contribution in [0.15, 0.2) is 42.6 Å². The summed E-state index contributed by atoms with van der Waals surface area (Å²) in [5, 5.41) is 9.34. The number of rotatable bonds is 7. The van der Waals surface area contributed by atoms with Gasteiger partial charge in [-0.05, 0) is 70.5 Å². The van der Waals surface area contributed by atoms with E-state index in [1.165, 1.54) is 29.6 Å². The quantitative estimate of drug-likeness (QED) is 0.215. The molecule has 1 unspecified atom stereocenters. The third-order valence-corrected chi connectivity index (χ3v) is 9.00. The molecular weight excluding hydrogens is 665 g/mol. The van der Waals surface area contributed by atoms with Crippen molar-refractivity contribution in [3.05, 3.63) is 76.1 Å². The number of halogens is 3. The van der Waals surface area contributed by atoms with E-state index >= 15 is 0 Å². The van der Waals surface area contributed by atoms with Crippen LogP contribution in [-0.4, -0.2) is 70.8 Å². The minimum Gasteiger partial charge on any atom is -0.369 e. The zero-order chi connectivity index (χ0) is 37.2. The van der Waals surface area contributed by atoms with E-state index in [9.17, 15) is 37.1 Å². The molecule has 1 aromatic heterocycles. The van der Waals surface area contributed by atoms with Crippen LogP contribution in [0.25, 0.3) is 0 Å². The fourth-order valence-corrected chi connectivity index (χ4v) is 5.91. The topological polar surface area (TPSA) is 134 Å². The molecule has 3 heterocycles. The first-order valence-electron chi connectivity index (χ1n) is 16.0. The Hall–Kier alpha value is -5.89. The van der Waals surface area contributed by atoms with Gasteiger partial charge in [-0.3, -0.25) is 34.0 Å². The number of aromatic nitrogens is 2. The van der Waals surface area contributed by atoms with Crippen molar-refractivity contribution < 1.29 is 37.1 Å². The molecule has 5 rings (SSSR count). The molecule has 2 aromatic carbocycles. The molecule has 0 spiro atoms. The second kappa shape index (κ2) is 14.2. The van der Waals surface area contributed by atoms with Crippen LogP contribution in [0.5, 0.6) is 0 Å². The fraction of sp³-hybridized carbons (Fsp3) is 0.351. The van der Waals surface area contributed by atoms with Gasteiger partial charge >= 0.3 is 6.18 Å². The van der Waals surface area contributed by atoms with Crippen molar-refractivity contribution in [2.45, 2.75) is 58.3 Å². The number of carbonyl (C=O) groups excluding carboxylic acids is 5. The van der Waals surface area contributed by atoms with Crippen molar-refractivity contribution in [3.63, 3.8) is 0 Å². The smallest absolute Gasteiger partial charge is 0.369 e. The third kappa shape index (κ3) is 7.50. The Bertz CT molecular complexity index is 2060. The summed E-state index contributed by atoms with van der Waals surface area (Å²) in [7, 11) is 1.47. The largest absolute Gasteiger partial charge is 0.416 e. The number of likely N-dealkylation sites (N-methyl/N-ethyl adjacent to an activating group) is 1. The van der Waals surface area contributed by atoms with Crippen LogP contribution in [0.3, 0.4) is 0 Å². The van der Waals surface area contributed by atoms with Gasteiger partial charge in [0.05, 0.1) is 40.2 Å². The summed E-state index contributed by atoms with van der Waals surface area (Å²) in [6.45, 7) is 7.61. The Balaban J connectivity index is 1.25. The van der Waals surface area contributed by atoms with Gasteiger partial charge in [0.25, 0.3) is 11.8 Å². The number of imide groups is 1. The van der Waals surface area contributed by atoms with Crippen molar-refractivity contribution in [1.82, 2.24) is 20.0 Å². The molecule has 0 saturated carbocycles. The molecule has 2 aliphatic heterocycles. The molecule has 14 heteroatoms. The number of hydrogen-bond acceptors (Lipinski definition) is 7. The lowest BCUT2D eigenvalue weighted by atomic mass is 9.97. The Morgan fingerprint density at radius 1 is 1.08 bits per heavy atom. The molecule has 3 aromatic rings. The lowest BCUT2D eigenvalue weighted by Gasteiger charge is -2.38. The monoisotopic (exact) mass is 700 g/mol. The van der Waals surface area contributed by atoms with E-state index in [0.29, 0.717) is 36.3 Å². The van der Waals surface area contributed by atoms with Crippen molar-refractivity contribution in [2.75, 3.05) is 30.4 Å². The minimum atomic E-state index is -4.56. The maximum atomic E-state index is 13.4. The van der Waals surface area contributed by atoms with Gasteiger partial charge in [0.15, 0.2) is 6.29 Å². The summed E-state index contributed by atoms with van der Waals surface area (Å²) >= 11 is 0. The zero-order valence-electron chi connectivity index (χ0n) is 28.6. The third-order valence-electron chi connectivity index (χ3n) is 9.00. The molecule has 2 aliphatic rings. The highest BCUT2D eigenvalue weighted by atomic mass is 19.4. The predicted octanol–water partition coefficient (Wildman–Crippen LogP) is 4.13. The summed E-state index contributed by atoms with van der Waals surface area (Å²) in [6, 6.07) is 7.04. The van der Waals surface area contributed by atoms with E-state index in [1.807, 2.05) is 4.90 Å². The lowest BCUT2D eigenvalue weighted by Crippen LogP contribution is -2.53. The molecule has 1 atom stereocenters. The van der Waals surface area contributed by atoms with Crippen molar-refractivity contribution in [3.8, 4) is 23.7 Å². The first-order chi connectivity index (χ1) is 24.0. The zero-order valence-corrected chi connectivity index (χ0v) is 28.6. The van der Waals surface area contributed by atoms with Crippen molar-refractivity contribution >= 4 is 41.3 Å². The second-order valence-electron chi connectivity index (χ2n) is 12.8. The van der Waals surface area contributed by atoms with Gasteiger partial charge in [-0.2, -0.15) is 18.3 Å². The number of nitrogens with zero attached hydrogens (tertiary/aromatic N) is 4. The van der Waals surface area contributed by atoms with E-state index in [-0.39, 0.29) is 41.1 Å². The van der Waals surface area contributed by atoms with E-state index in [1.54, 1.807) is 45.2 Å². The van der Waals surface area contributed by atoms with Gasteiger partial charge in [0.2, 0.25) is 11.8 Å². The van der Waals surface area contributed by atoms with Gasteiger partial charge in [0.1, 0.15) is 11.6 Å². The van der Waals surface area contributed by atoms with Gasteiger partial charge in [-0.1, -0.05) is 17.8 Å². The molecule has 2 N–H and O–H groups in total. The second-order valence-corrected chi connectivity index (χ2v) is 12.8. The Morgan fingerprint density at radius 2 is 1.80 bits per heavy atom. The molecule has 0 aliphatic carbocycles. The van der Waals surface area contributed by atoms with Crippen molar-refractivity contribution in [2.24, 2.45) is 5.92 Å². The number of piperidine rings is 1. The highest BCUT2D eigenvalue weighted by Crippen LogP contribution is 2.33. The first kappa shape index (κ1) is 36.4. The number of anilines is 2. The number of nitrogens with one attached hydrogen (secondary N) is 2. The Labute approximate surface area is 292 Å². The van der Waals surface area contributed by atoms with Crippen LogP contribution in [-0.2, 0) is 26.1 Å². The SMILES string of the molecule is CC#Cc1cc(C(F)(F)F)ccc1NC(=O)C(C)(C)n1ncc(C#CC2CN(c3ccc(C=O)c(C(=O)N(C)C4CCC(=O)NC4=O)c3)C2)c1C. The van der Waals surface area contributed by atoms with Gasteiger partial charge < -0.3 is 15.1 Å². The Kier molecular flexibility index (Phi) is 10.1. The van der Waals surface area contributed by atoms with Crippen LogP contribution in [0, 0.1) is 36.5 Å². The summed E-state index contributed by atoms with van der Waals surface area (Å²) < 4.78 is 41.3. The molecule has 51 heavy (non-hydrogen) atoms. The summed E-state index contributed by atoms with van der Waals surface area (Å²) in [4.78, 5) is 65.7. The number of amides is 4. The molecule has 11 nitrogen and oxygen atoms in total. The number of carbonyl (C=O) groups is 5. The fourth-order valence-electron chi connectivity index (χ4n) is 5.91. The van der Waals surface area contributed by atoms with Crippen LogP contribution in [0.4, 0.5) is 24.5 Å². The van der Waals surface area contributed by atoms with Crippen LogP contribution >= 0.6 is 0 Å². The van der Waals surface area contributed by atoms with Crippen LogP contribution in [0.1, 0.15) is 76.7 Å². The first-order valence-corrected chi connectivity index (χ1v) is 16.0. The van der Waals surface area contributed by atoms with E-state index in [0.717, 1.165) is 12.1 Å². The number of benzene rings is 2. The average molecular weight is 701 g/mol. The van der Waals surface area contributed by atoms with Crippen molar-refractivity contribution in [1.29, 1.82) is 0 Å². The lowest BCUT2D eigenvalue weighted by molar-refractivity contribution is -0.138. The molecule has 2 fully saturated rings. The van der Waals surface area contributed by atoms with Gasteiger partial charge in [-0.15, -0.1) is 5.92 Å². The van der Waals surface area contributed by atoms with E-state index in [4.69, 9.17) is 0 Å². The van der Waals surface area contributed by atoms with Gasteiger partial charge in [0, 0.05) is 43.4 Å². The maximum Gasteiger partial charge on any atom is 0.416 e. The summed E-state index contributed by atoms with van der Waals surface area (Å²) in [6.07, 6.45) is -2.12. The molecule has 0 bridgehead atoms. The average Bonchev–Trinajstić information content (AvgIpc) is 3.44. The summed E-state index contributed by atoms with van der Waals surface area (Å²) in [5.74, 6) is 9.56. The molecule has 264 valence electrons. The molecule has 0 radical (unpaired) electrons. The number of hydrogen-bond donors (Lipinski definition) is 2. The summed E-state index contributed by atoms with van der Waals surface area (Å²) in [5.41, 5.74) is 0.315. The molecule has 4 amide bonds. The number of aldehydes is 1. The predicted molar refractivity (Wildman–Crippen MR) is 182 cm³/mol. The van der Waals surface area contributed by atoms with Gasteiger partial charge in [-0.25, -0.2) is 0 Å².